The van der Waals surface area contributed by atoms with E-state index in [1.54, 1.807) is 12.1 Å². The number of barbiturate groups is 1. The molecule has 0 spiro atoms. The first-order valence-corrected chi connectivity index (χ1v) is 8.87. The number of para-hydroxylation sites is 1. The molecule has 1 saturated heterocycles. The van der Waals surface area contributed by atoms with Crippen molar-refractivity contribution in [2.24, 2.45) is 0 Å². The first kappa shape index (κ1) is 20.1. The number of imide groups is 2. The normalized spacial score (nSPS) is 13.4. The van der Waals surface area contributed by atoms with E-state index in [1.807, 2.05) is 35.8 Å². The number of hydrogen-bond acceptors (Lipinski definition) is 5. The summed E-state index contributed by atoms with van der Waals surface area (Å²) >= 11 is 6.17. The number of amides is 5. The number of anilines is 1. The van der Waals surface area contributed by atoms with Gasteiger partial charge >= 0.3 is 6.03 Å². The minimum Gasteiger partial charge on any atom is -0.482 e. The topological polar surface area (TPSA) is 114 Å². The van der Waals surface area contributed by atoms with Crippen molar-refractivity contribution in [2.75, 3.05) is 11.9 Å². The summed E-state index contributed by atoms with van der Waals surface area (Å²) < 4.78 is 5.44. The van der Waals surface area contributed by atoms with E-state index in [2.05, 4.69) is 5.32 Å². The van der Waals surface area contributed by atoms with Crippen LogP contribution in [0.25, 0.3) is 6.08 Å². The zero-order valence-corrected chi connectivity index (χ0v) is 16.0. The van der Waals surface area contributed by atoms with E-state index >= 15 is 0 Å². The number of hydrogen-bond donors (Lipinski definition) is 3. The Hall–Kier alpha value is -3.65. The Labute approximate surface area is 170 Å². The molecule has 9 heteroatoms. The van der Waals surface area contributed by atoms with Crippen LogP contribution in [-0.2, 0) is 14.4 Å². The number of benzene rings is 2. The number of halogens is 1. The number of rotatable bonds is 5. The summed E-state index contributed by atoms with van der Waals surface area (Å²) in [6.45, 7) is 1.63. The van der Waals surface area contributed by atoms with E-state index in [-0.39, 0.29) is 28.9 Å². The smallest absolute Gasteiger partial charge is 0.328 e. The van der Waals surface area contributed by atoms with Gasteiger partial charge in [-0.25, -0.2) is 4.79 Å². The van der Waals surface area contributed by atoms with Gasteiger partial charge in [0.25, 0.3) is 17.7 Å². The zero-order chi connectivity index (χ0) is 21.0. The van der Waals surface area contributed by atoms with Crippen LogP contribution >= 0.6 is 11.6 Å². The summed E-state index contributed by atoms with van der Waals surface area (Å²) in [6.07, 6.45) is 1.29. The molecule has 1 aliphatic heterocycles. The van der Waals surface area contributed by atoms with E-state index < -0.39 is 17.8 Å². The quantitative estimate of drug-likeness (QED) is 0.514. The second-order valence-electron chi connectivity index (χ2n) is 6.14. The lowest BCUT2D eigenvalue weighted by Gasteiger charge is -2.14. The van der Waals surface area contributed by atoms with Crippen molar-refractivity contribution in [3.8, 4) is 5.75 Å². The molecule has 0 unspecified atom stereocenters. The lowest BCUT2D eigenvalue weighted by Crippen LogP contribution is -2.51. The third-order valence-corrected chi connectivity index (χ3v) is 4.28. The van der Waals surface area contributed by atoms with Gasteiger partial charge < -0.3 is 10.1 Å². The largest absolute Gasteiger partial charge is 0.482 e. The van der Waals surface area contributed by atoms with Crippen LogP contribution in [0.2, 0.25) is 5.02 Å². The highest BCUT2D eigenvalue weighted by molar-refractivity contribution is 6.33. The molecule has 2 aromatic carbocycles. The van der Waals surface area contributed by atoms with Crippen molar-refractivity contribution >= 4 is 47.1 Å². The third-order valence-electron chi connectivity index (χ3n) is 3.99. The van der Waals surface area contributed by atoms with Crippen molar-refractivity contribution in [2.45, 2.75) is 6.92 Å². The summed E-state index contributed by atoms with van der Waals surface area (Å²) in [5, 5.41) is 6.90. The van der Waals surface area contributed by atoms with Crippen molar-refractivity contribution in [3.05, 3.63) is 64.2 Å². The highest BCUT2D eigenvalue weighted by atomic mass is 35.5. The summed E-state index contributed by atoms with van der Waals surface area (Å²) in [7, 11) is 0. The highest BCUT2D eigenvalue weighted by Crippen LogP contribution is 2.27. The molecule has 1 fully saturated rings. The predicted molar refractivity (Wildman–Crippen MR) is 106 cm³/mol. The summed E-state index contributed by atoms with van der Waals surface area (Å²) in [5.74, 6) is -1.69. The van der Waals surface area contributed by atoms with Crippen LogP contribution in [0.4, 0.5) is 10.5 Å². The van der Waals surface area contributed by atoms with Crippen LogP contribution in [0.15, 0.2) is 48.0 Å². The molecule has 3 N–H and O–H groups in total. The Kier molecular flexibility index (Phi) is 5.94. The van der Waals surface area contributed by atoms with Crippen molar-refractivity contribution in [1.29, 1.82) is 0 Å². The molecule has 8 nitrogen and oxygen atoms in total. The summed E-state index contributed by atoms with van der Waals surface area (Å²) in [6, 6.07) is 11.0. The second-order valence-corrected chi connectivity index (χ2v) is 6.54. The predicted octanol–water partition coefficient (Wildman–Crippen LogP) is 2.42. The van der Waals surface area contributed by atoms with E-state index in [9.17, 15) is 19.2 Å². The molecular formula is C20H16ClN3O5. The molecule has 2 aromatic rings. The number of ether oxygens (including phenoxy) is 1. The average molecular weight is 414 g/mol. The van der Waals surface area contributed by atoms with Gasteiger partial charge in [-0.1, -0.05) is 35.9 Å². The van der Waals surface area contributed by atoms with Gasteiger partial charge in [0.1, 0.15) is 11.3 Å². The molecule has 0 atom stereocenters. The van der Waals surface area contributed by atoms with Crippen LogP contribution in [0.1, 0.15) is 11.1 Å². The molecule has 29 heavy (non-hydrogen) atoms. The van der Waals surface area contributed by atoms with Crippen LogP contribution < -0.4 is 20.7 Å². The zero-order valence-electron chi connectivity index (χ0n) is 15.2. The standard InChI is InChI=1S/C20H16ClN3O5/c1-11-4-2-3-5-15(11)22-17(25)10-29-16-7-6-12(9-14(16)21)8-13-18(26)23-20(28)24-19(13)27/h2-9H,10H2,1H3,(H,22,25)(H2,23,24,26,27,28). The molecular weight excluding hydrogens is 398 g/mol. The molecule has 0 aliphatic carbocycles. The maximum atomic E-state index is 12.1. The van der Waals surface area contributed by atoms with Crippen LogP contribution in [0.5, 0.6) is 5.75 Å². The first-order chi connectivity index (χ1) is 13.8. The first-order valence-electron chi connectivity index (χ1n) is 8.49. The molecule has 0 saturated carbocycles. The van der Waals surface area contributed by atoms with E-state index in [0.717, 1.165) is 5.56 Å². The number of carbonyl (C=O) groups is 4. The van der Waals surface area contributed by atoms with Crippen molar-refractivity contribution < 1.29 is 23.9 Å². The van der Waals surface area contributed by atoms with E-state index in [0.29, 0.717) is 11.3 Å². The number of urea groups is 1. The Morgan fingerprint density at radius 2 is 1.79 bits per heavy atom. The fourth-order valence-corrected chi connectivity index (χ4v) is 2.78. The Morgan fingerprint density at radius 3 is 2.45 bits per heavy atom. The van der Waals surface area contributed by atoms with Gasteiger partial charge in [0.15, 0.2) is 6.61 Å². The number of carbonyl (C=O) groups excluding carboxylic acids is 4. The SMILES string of the molecule is Cc1ccccc1NC(=O)COc1ccc(C=C2C(=O)NC(=O)NC2=O)cc1Cl. The van der Waals surface area contributed by atoms with Gasteiger partial charge in [-0.2, -0.15) is 0 Å². The lowest BCUT2D eigenvalue weighted by molar-refractivity contribution is -0.124. The highest BCUT2D eigenvalue weighted by Gasteiger charge is 2.27. The molecule has 1 heterocycles. The van der Waals surface area contributed by atoms with Crippen molar-refractivity contribution in [3.63, 3.8) is 0 Å². The van der Waals surface area contributed by atoms with Crippen LogP contribution in [0.3, 0.4) is 0 Å². The van der Waals surface area contributed by atoms with Crippen molar-refractivity contribution in [1.82, 2.24) is 10.6 Å². The van der Waals surface area contributed by atoms with Gasteiger partial charge in [0, 0.05) is 5.69 Å². The van der Waals surface area contributed by atoms with Crippen LogP contribution in [0, 0.1) is 6.92 Å². The maximum absolute atomic E-state index is 12.1. The van der Waals surface area contributed by atoms with Gasteiger partial charge in [-0.15, -0.1) is 0 Å². The molecule has 1 aliphatic rings. The van der Waals surface area contributed by atoms with Crippen LogP contribution in [-0.4, -0.2) is 30.4 Å². The summed E-state index contributed by atoms with van der Waals surface area (Å²) in [5.41, 5.74) is 1.83. The fraction of sp³-hybridized carbons (Fsp3) is 0.100. The number of aryl methyl sites for hydroxylation is 1. The Balaban J connectivity index is 1.65. The maximum Gasteiger partial charge on any atom is 0.328 e. The fourth-order valence-electron chi connectivity index (χ4n) is 2.54. The Bertz CT molecular complexity index is 1030. The van der Waals surface area contributed by atoms with Gasteiger partial charge in [0.05, 0.1) is 5.02 Å². The molecule has 5 amide bonds. The average Bonchev–Trinajstić information content (AvgIpc) is 2.66. The molecule has 3 rings (SSSR count). The van der Waals surface area contributed by atoms with Gasteiger partial charge in [-0.05, 0) is 42.3 Å². The lowest BCUT2D eigenvalue weighted by atomic mass is 10.1. The minimum atomic E-state index is -0.872. The number of nitrogens with one attached hydrogen (secondary N) is 3. The monoisotopic (exact) mass is 413 g/mol. The van der Waals surface area contributed by atoms with Gasteiger partial charge in [-0.3, -0.25) is 25.0 Å². The van der Waals surface area contributed by atoms with E-state index in [1.165, 1.54) is 18.2 Å². The third kappa shape index (κ3) is 4.99. The van der Waals surface area contributed by atoms with E-state index in [4.69, 9.17) is 16.3 Å². The molecule has 0 aromatic heterocycles. The minimum absolute atomic E-state index is 0.191. The Morgan fingerprint density at radius 1 is 1.10 bits per heavy atom. The summed E-state index contributed by atoms with van der Waals surface area (Å²) in [4.78, 5) is 46.7. The second kappa shape index (κ2) is 8.57. The molecule has 0 radical (unpaired) electrons. The molecule has 0 bridgehead atoms. The molecule has 148 valence electrons. The van der Waals surface area contributed by atoms with Gasteiger partial charge in [0.2, 0.25) is 0 Å².